The molecule has 3 aromatic rings. The number of aromatic hydroxyl groups is 1. The van der Waals surface area contributed by atoms with Crippen LogP contribution in [0, 0.1) is 5.82 Å². The molecule has 0 fully saturated rings. The van der Waals surface area contributed by atoms with Crippen molar-refractivity contribution in [1.29, 1.82) is 0 Å². The van der Waals surface area contributed by atoms with E-state index in [-0.39, 0.29) is 17.3 Å². The predicted molar refractivity (Wildman–Crippen MR) is 81.4 cm³/mol. The number of hydrogen-bond donors (Lipinski definition) is 2. The van der Waals surface area contributed by atoms with E-state index in [2.05, 4.69) is 15.3 Å². The lowest BCUT2D eigenvalue weighted by molar-refractivity contribution is 0.102. The minimum absolute atomic E-state index is 0.0490. The zero-order chi connectivity index (χ0) is 15.5. The van der Waals surface area contributed by atoms with Crippen LogP contribution in [0.15, 0.2) is 48.0 Å². The number of thiazole rings is 1. The predicted octanol–water partition coefficient (Wildman–Crippen LogP) is 3.30. The van der Waals surface area contributed by atoms with Crippen LogP contribution in [0.4, 0.5) is 10.2 Å². The molecule has 0 aliphatic carbocycles. The van der Waals surface area contributed by atoms with Crippen LogP contribution in [-0.2, 0) is 0 Å². The number of carbonyl (C=O) groups is 1. The molecule has 0 aliphatic rings. The number of halogens is 1. The number of rotatable bonds is 3. The highest BCUT2D eigenvalue weighted by molar-refractivity contribution is 7.13. The molecular formula is C15H10FN3O2S. The van der Waals surface area contributed by atoms with E-state index in [9.17, 15) is 14.3 Å². The quantitative estimate of drug-likeness (QED) is 0.777. The summed E-state index contributed by atoms with van der Waals surface area (Å²) in [5.74, 6) is -1.01. The Balaban J connectivity index is 1.84. The third-order valence-electron chi connectivity index (χ3n) is 2.86. The Morgan fingerprint density at radius 3 is 2.82 bits per heavy atom. The van der Waals surface area contributed by atoms with E-state index in [4.69, 9.17) is 0 Å². The number of hydrogen-bond acceptors (Lipinski definition) is 5. The highest BCUT2D eigenvalue weighted by Gasteiger charge is 2.15. The standard InChI is InChI=1S/C15H10FN3O2S/c16-10-5-2-1-4-9(10)15-18-11(8-22-15)14(21)19-13-12(20)6-3-7-17-13/h1-8,20H,(H,17,19,21). The van der Waals surface area contributed by atoms with E-state index in [0.717, 1.165) is 0 Å². The number of benzene rings is 1. The third-order valence-corrected chi connectivity index (χ3v) is 3.74. The van der Waals surface area contributed by atoms with E-state index >= 15 is 0 Å². The van der Waals surface area contributed by atoms with Gasteiger partial charge in [0, 0.05) is 17.1 Å². The number of nitrogens with one attached hydrogen (secondary N) is 1. The summed E-state index contributed by atoms with van der Waals surface area (Å²) in [5.41, 5.74) is 0.473. The highest BCUT2D eigenvalue weighted by Crippen LogP contribution is 2.26. The fourth-order valence-corrected chi connectivity index (χ4v) is 2.63. The van der Waals surface area contributed by atoms with Gasteiger partial charge in [0.2, 0.25) is 0 Å². The largest absolute Gasteiger partial charge is 0.504 e. The summed E-state index contributed by atoms with van der Waals surface area (Å²) in [6, 6.07) is 9.18. The molecule has 0 bridgehead atoms. The molecule has 110 valence electrons. The molecule has 2 N–H and O–H groups in total. The molecule has 5 nitrogen and oxygen atoms in total. The molecule has 2 aromatic heterocycles. The van der Waals surface area contributed by atoms with Crippen molar-refractivity contribution in [2.75, 3.05) is 5.32 Å². The van der Waals surface area contributed by atoms with Gasteiger partial charge in [0.25, 0.3) is 5.91 Å². The number of pyridine rings is 1. The SMILES string of the molecule is O=C(Nc1ncccc1O)c1csc(-c2ccccc2F)n1. The summed E-state index contributed by atoms with van der Waals surface area (Å²) in [6.45, 7) is 0. The van der Waals surface area contributed by atoms with Crippen LogP contribution in [-0.4, -0.2) is 21.0 Å². The van der Waals surface area contributed by atoms with Gasteiger partial charge in [0.15, 0.2) is 11.6 Å². The van der Waals surface area contributed by atoms with Gasteiger partial charge < -0.3 is 10.4 Å². The first-order valence-electron chi connectivity index (χ1n) is 6.31. The first-order chi connectivity index (χ1) is 10.6. The van der Waals surface area contributed by atoms with Crippen LogP contribution in [0.25, 0.3) is 10.6 Å². The molecule has 1 aromatic carbocycles. The Bertz CT molecular complexity index is 835. The number of carbonyl (C=O) groups excluding carboxylic acids is 1. The van der Waals surface area contributed by atoms with Gasteiger partial charge >= 0.3 is 0 Å². The van der Waals surface area contributed by atoms with Gasteiger partial charge in [-0.25, -0.2) is 14.4 Å². The number of aromatic nitrogens is 2. The third kappa shape index (κ3) is 2.79. The Hall–Kier alpha value is -2.80. The van der Waals surface area contributed by atoms with Gasteiger partial charge in [-0.1, -0.05) is 12.1 Å². The lowest BCUT2D eigenvalue weighted by Crippen LogP contribution is -2.13. The van der Waals surface area contributed by atoms with Crippen LogP contribution in [0.2, 0.25) is 0 Å². The van der Waals surface area contributed by atoms with Gasteiger partial charge in [-0.2, -0.15) is 0 Å². The summed E-state index contributed by atoms with van der Waals surface area (Å²) in [4.78, 5) is 20.1. The van der Waals surface area contributed by atoms with Crippen molar-refractivity contribution in [2.24, 2.45) is 0 Å². The van der Waals surface area contributed by atoms with Crippen LogP contribution in [0.5, 0.6) is 5.75 Å². The van der Waals surface area contributed by atoms with Gasteiger partial charge in [0.05, 0.1) is 0 Å². The number of anilines is 1. The van der Waals surface area contributed by atoms with Crippen molar-refractivity contribution < 1.29 is 14.3 Å². The molecular weight excluding hydrogens is 305 g/mol. The second-order valence-electron chi connectivity index (χ2n) is 4.34. The smallest absolute Gasteiger partial charge is 0.276 e. The van der Waals surface area contributed by atoms with Crippen molar-refractivity contribution in [3.63, 3.8) is 0 Å². The van der Waals surface area contributed by atoms with E-state index in [0.29, 0.717) is 10.6 Å². The molecule has 0 atom stereocenters. The maximum Gasteiger partial charge on any atom is 0.276 e. The lowest BCUT2D eigenvalue weighted by Gasteiger charge is -2.03. The van der Waals surface area contributed by atoms with Crippen LogP contribution in [0.3, 0.4) is 0 Å². The lowest BCUT2D eigenvalue weighted by atomic mass is 10.2. The van der Waals surface area contributed by atoms with Crippen LogP contribution in [0.1, 0.15) is 10.5 Å². The second-order valence-corrected chi connectivity index (χ2v) is 5.20. The Morgan fingerprint density at radius 1 is 1.23 bits per heavy atom. The van der Waals surface area contributed by atoms with E-state index in [1.807, 2.05) is 0 Å². The van der Waals surface area contributed by atoms with Crippen molar-refractivity contribution in [3.05, 3.63) is 59.5 Å². The zero-order valence-electron chi connectivity index (χ0n) is 11.2. The van der Waals surface area contributed by atoms with Crippen molar-refractivity contribution in [3.8, 4) is 16.3 Å². The van der Waals surface area contributed by atoms with Crippen molar-refractivity contribution in [2.45, 2.75) is 0 Å². The fraction of sp³-hybridized carbons (Fsp3) is 0. The molecule has 22 heavy (non-hydrogen) atoms. The number of nitrogens with zero attached hydrogens (tertiary/aromatic N) is 2. The zero-order valence-corrected chi connectivity index (χ0v) is 12.0. The first-order valence-corrected chi connectivity index (χ1v) is 7.19. The van der Waals surface area contributed by atoms with E-state index in [1.54, 1.807) is 24.3 Å². The van der Waals surface area contributed by atoms with Crippen molar-refractivity contribution >= 4 is 23.1 Å². The van der Waals surface area contributed by atoms with Crippen LogP contribution < -0.4 is 5.32 Å². The molecule has 0 spiro atoms. The molecule has 2 heterocycles. The molecule has 7 heteroatoms. The second kappa shape index (κ2) is 5.90. The molecule has 0 saturated heterocycles. The van der Waals surface area contributed by atoms with E-state index < -0.39 is 11.7 Å². The van der Waals surface area contributed by atoms with Gasteiger partial charge in [-0.05, 0) is 24.3 Å². The van der Waals surface area contributed by atoms with Gasteiger partial charge in [-0.15, -0.1) is 11.3 Å². The summed E-state index contributed by atoms with van der Waals surface area (Å²) in [6.07, 6.45) is 1.45. The maximum absolute atomic E-state index is 13.7. The van der Waals surface area contributed by atoms with Gasteiger partial charge in [0.1, 0.15) is 16.5 Å². The Labute approximate surface area is 129 Å². The Morgan fingerprint density at radius 2 is 2.05 bits per heavy atom. The minimum atomic E-state index is -0.521. The topological polar surface area (TPSA) is 75.1 Å². The summed E-state index contributed by atoms with van der Waals surface area (Å²) >= 11 is 1.17. The first kappa shape index (κ1) is 14.2. The molecule has 0 radical (unpaired) electrons. The van der Waals surface area contributed by atoms with E-state index in [1.165, 1.54) is 35.0 Å². The summed E-state index contributed by atoms with van der Waals surface area (Å²) in [7, 11) is 0. The minimum Gasteiger partial charge on any atom is -0.504 e. The average molecular weight is 315 g/mol. The monoisotopic (exact) mass is 315 g/mol. The van der Waals surface area contributed by atoms with Gasteiger partial charge in [-0.3, -0.25) is 4.79 Å². The molecule has 0 saturated carbocycles. The maximum atomic E-state index is 13.7. The van der Waals surface area contributed by atoms with Crippen LogP contribution >= 0.6 is 11.3 Å². The summed E-state index contributed by atoms with van der Waals surface area (Å²) < 4.78 is 13.7. The molecule has 1 amide bonds. The summed E-state index contributed by atoms with van der Waals surface area (Å²) in [5, 5.41) is 14.0. The highest BCUT2D eigenvalue weighted by atomic mass is 32.1. The molecule has 3 rings (SSSR count). The fourth-order valence-electron chi connectivity index (χ4n) is 1.80. The van der Waals surface area contributed by atoms with Crippen molar-refractivity contribution in [1.82, 2.24) is 9.97 Å². The molecule has 0 unspecified atom stereocenters. The number of amides is 1. The Kier molecular flexibility index (Phi) is 3.80. The molecule has 0 aliphatic heterocycles. The average Bonchev–Trinajstić information content (AvgIpc) is 3.00. The normalized spacial score (nSPS) is 10.4.